The molecule has 4 heterocycles. The molecule has 0 saturated carbocycles. The van der Waals surface area contributed by atoms with E-state index in [1.54, 1.807) is 30.1 Å². The molecule has 3 atom stereocenters. The minimum atomic E-state index is -5.08. The number of carbonyl (C=O) groups is 4. The monoisotopic (exact) mass is 610 g/mol. The van der Waals surface area contributed by atoms with Crippen LogP contribution in [0.4, 0.5) is 24.5 Å². The van der Waals surface area contributed by atoms with Gasteiger partial charge in [0.15, 0.2) is 11.5 Å². The smallest absolute Gasteiger partial charge is 0.490 e. The summed E-state index contributed by atoms with van der Waals surface area (Å²) >= 11 is 2.80. The summed E-state index contributed by atoms with van der Waals surface area (Å²) in [5.74, 6) is -4.36. The van der Waals surface area contributed by atoms with Crippen molar-refractivity contribution in [3.05, 3.63) is 38.1 Å². The summed E-state index contributed by atoms with van der Waals surface area (Å²) in [4.78, 5) is 55.7. The SMILES string of the molecule is CC(=O)N[C@@H](CSC1=CC(=O)C=C2S[C@@H]3C[C@]12c1c(c(O)c2c4c1=NCCC=4C=N2)N3)C(=O)O.O=C(O)C(F)(F)F. The van der Waals surface area contributed by atoms with Crippen LogP contribution in [0.5, 0.6) is 5.75 Å². The molecule has 5 N–H and O–H groups in total. The number of anilines is 1. The van der Waals surface area contributed by atoms with E-state index in [2.05, 4.69) is 15.6 Å². The molecule has 1 spiro atoms. The van der Waals surface area contributed by atoms with Crippen molar-refractivity contribution in [2.75, 3.05) is 17.6 Å². The molecule has 1 aliphatic carbocycles. The topological polar surface area (TPSA) is 178 Å². The summed E-state index contributed by atoms with van der Waals surface area (Å²) in [6.45, 7) is 1.88. The number of aliphatic carboxylic acids is 2. The zero-order valence-electron chi connectivity index (χ0n) is 21.0. The van der Waals surface area contributed by atoms with Crippen LogP contribution in [-0.4, -0.2) is 75.1 Å². The van der Waals surface area contributed by atoms with Crippen molar-refractivity contribution in [1.82, 2.24) is 5.32 Å². The van der Waals surface area contributed by atoms with E-state index >= 15 is 0 Å². The number of rotatable bonds is 5. The van der Waals surface area contributed by atoms with Crippen molar-refractivity contribution in [3.8, 4) is 5.75 Å². The van der Waals surface area contributed by atoms with Gasteiger partial charge >= 0.3 is 18.1 Å². The number of aliphatic imine (C=N–C) groups is 1. The van der Waals surface area contributed by atoms with Crippen LogP contribution in [0.2, 0.25) is 0 Å². The van der Waals surface area contributed by atoms with E-state index in [1.165, 1.54) is 18.7 Å². The normalized spacial score (nSPS) is 23.4. The summed E-state index contributed by atoms with van der Waals surface area (Å²) < 4.78 is 31.7. The Hall–Kier alpha value is -3.79. The maximum atomic E-state index is 12.7. The number of alkyl halides is 3. The van der Waals surface area contributed by atoms with E-state index in [1.807, 2.05) is 0 Å². The van der Waals surface area contributed by atoms with Crippen LogP contribution in [-0.2, 0) is 24.6 Å². The molecule has 16 heteroatoms. The molecule has 1 saturated heterocycles. The second-order valence-electron chi connectivity index (χ2n) is 9.57. The number of carbonyl (C=O) groups excluding carboxylic acids is 2. The van der Waals surface area contributed by atoms with Gasteiger partial charge in [-0.2, -0.15) is 13.2 Å². The van der Waals surface area contributed by atoms with Gasteiger partial charge in [0, 0.05) is 46.0 Å². The third-order valence-corrected chi connectivity index (χ3v) is 9.51. The Kier molecular flexibility index (Phi) is 7.18. The number of fused-ring (bicyclic) bond motifs is 3. The number of aromatic hydroxyl groups is 1. The summed E-state index contributed by atoms with van der Waals surface area (Å²) in [7, 11) is 0. The zero-order valence-corrected chi connectivity index (χ0v) is 22.7. The Bertz CT molecular complexity index is 1640. The second-order valence-corrected chi connectivity index (χ2v) is 11.9. The first-order valence-electron chi connectivity index (χ1n) is 12.1. The van der Waals surface area contributed by atoms with Crippen LogP contribution in [0, 0.1) is 0 Å². The molecule has 4 aliphatic heterocycles. The van der Waals surface area contributed by atoms with Gasteiger partial charge < -0.3 is 26.0 Å². The number of ketones is 1. The first-order chi connectivity index (χ1) is 19.2. The van der Waals surface area contributed by atoms with Gasteiger partial charge in [0.2, 0.25) is 5.91 Å². The number of carboxylic acids is 2. The number of phenolic OH excluding ortho intramolecular Hbond substituents is 1. The van der Waals surface area contributed by atoms with E-state index in [0.29, 0.717) is 29.2 Å². The molecular formula is C25H21F3N4O7S2. The van der Waals surface area contributed by atoms with Gasteiger partial charge in [0.05, 0.1) is 21.8 Å². The summed E-state index contributed by atoms with van der Waals surface area (Å²) in [5, 5.41) is 35.4. The third-order valence-electron chi connectivity index (χ3n) is 6.95. The van der Waals surface area contributed by atoms with Gasteiger partial charge in [0.1, 0.15) is 11.7 Å². The Balaban J connectivity index is 0.000000431. The van der Waals surface area contributed by atoms with Gasteiger partial charge in [-0.15, -0.1) is 23.5 Å². The van der Waals surface area contributed by atoms with Gasteiger partial charge in [0.25, 0.3) is 0 Å². The van der Waals surface area contributed by atoms with Gasteiger partial charge in [-0.3, -0.25) is 19.6 Å². The minimum absolute atomic E-state index is 0.0606. The number of halogens is 3. The number of amides is 1. The van der Waals surface area contributed by atoms with E-state index < -0.39 is 35.5 Å². The molecule has 0 aromatic heterocycles. The van der Waals surface area contributed by atoms with E-state index in [-0.39, 0.29) is 22.7 Å². The largest absolute Gasteiger partial charge is 0.504 e. The number of phenols is 1. The maximum Gasteiger partial charge on any atom is 0.490 e. The van der Waals surface area contributed by atoms with Gasteiger partial charge in [-0.1, -0.05) is 0 Å². The highest BCUT2D eigenvalue weighted by Gasteiger charge is 2.56. The summed E-state index contributed by atoms with van der Waals surface area (Å²) in [6, 6.07) is -1.10. The molecule has 1 amide bonds. The molecule has 11 nitrogen and oxygen atoms in total. The highest BCUT2D eigenvalue weighted by molar-refractivity contribution is 8.05. The van der Waals surface area contributed by atoms with Crippen LogP contribution in [0.1, 0.15) is 25.3 Å². The molecule has 5 aliphatic rings. The quantitative estimate of drug-likeness (QED) is 0.309. The lowest BCUT2D eigenvalue weighted by molar-refractivity contribution is -0.192. The number of benzene rings is 1. The number of thioether (sulfide) groups is 2. The third kappa shape index (κ3) is 4.88. The summed E-state index contributed by atoms with van der Waals surface area (Å²) in [6.07, 6.45) is 1.28. The van der Waals surface area contributed by atoms with Crippen LogP contribution in [0.3, 0.4) is 0 Å². The predicted octanol–water partition coefficient (Wildman–Crippen LogP) is 1.71. The Labute approximate surface area is 237 Å². The second kappa shape index (κ2) is 10.2. The Morgan fingerprint density at radius 3 is 2.63 bits per heavy atom. The fourth-order valence-corrected chi connectivity index (χ4v) is 8.24. The first-order valence-corrected chi connectivity index (χ1v) is 14.0. The minimum Gasteiger partial charge on any atom is -0.504 e. The van der Waals surface area contributed by atoms with Crippen molar-refractivity contribution in [2.45, 2.75) is 42.8 Å². The number of hydrogen-bond donors (Lipinski definition) is 5. The average Bonchev–Trinajstić information content (AvgIpc) is 3.44. The van der Waals surface area contributed by atoms with Gasteiger partial charge in [-0.05, 0) is 30.6 Å². The van der Waals surface area contributed by atoms with Crippen LogP contribution in [0.15, 0.2) is 31.9 Å². The van der Waals surface area contributed by atoms with E-state index in [4.69, 9.17) is 14.9 Å². The molecule has 41 heavy (non-hydrogen) atoms. The molecule has 6 rings (SSSR count). The Morgan fingerprint density at radius 2 is 2.00 bits per heavy atom. The van der Waals surface area contributed by atoms with Gasteiger partial charge in [-0.25, -0.2) is 9.59 Å². The van der Waals surface area contributed by atoms with Crippen molar-refractivity contribution in [3.63, 3.8) is 0 Å². The highest BCUT2D eigenvalue weighted by atomic mass is 32.2. The maximum absolute atomic E-state index is 12.7. The lowest BCUT2D eigenvalue weighted by Crippen LogP contribution is -2.46. The summed E-state index contributed by atoms with van der Waals surface area (Å²) in [5.41, 5.74) is 2.23. The number of hydrogen-bond acceptors (Lipinski definition) is 10. The van der Waals surface area contributed by atoms with Crippen molar-refractivity contribution >= 4 is 70.3 Å². The van der Waals surface area contributed by atoms with Crippen molar-refractivity contribution in [1.29, 1.82) is 0 Å². The molecule has 1 fully saturated rings. The fourth-order valence-electron chi connectivity index (χ4n) is 5.36. The van der Waals surface area contributed by atoms with Crippen molar-refractivity contribution in [2.24, 2.45) is 9.98 Å². The predicted molar refractivity (Wildman–Crippen MR) is 144 cm³/mol. The molecule has 0 radical (unpaired) electrons. The van der Waals surface area contributed by atoms with E-state index in [9.17, 15) is 37.8 Å². The molecule has 216 valence electrons. The van der Waals surface area contributed by atoms with Crippen LogP contribution >= 0.6 is 23.5 Å². The molecule has 2 bridgehead atoms. The Morgan fingerprint density at radius 1 is 1.29 bits per heavy atom. The molecule has 1 aromatic carbocycles. The molecular weight excluding hydrogens is 589 g/mol. The number of nitrogens with one attached hydrogen (secondary N) is 2. The van der Waals surface area contributed by atoms with Crippen LogP contribution < -0.4 is 21.2 Å². The fraction of sp³-hybridized carbons (Fsp3) is 0.360. The molecule has 1 aromatic rings. The van der Waals surface area contributed by atoms with E-state index in [0.717, 1.165) is 33.0 Å². The van der Waals surface area contributed by atoms with Crippen molar-refractivity contribution < 1.29 is 47.7 Å². The number of carboxylic acid groups (broad SMARTS) is 2. The lowest BCUT2D eigenvalue weighted by atomic mass is 9.71. The molecule has 0 unspecified atom stereocenters. The number of allylic oxidation sites excluding steroid dienone is 4. The average molecular weight is 611 g/mol. The zero-order chi connectivity index (χ0) is 29.9. The first kappa shape index (κ1) is 28.7. The standard InChI is InChI=1S/C23H20N4O5S2.C2HF3O2/c1-9(28)26-12(22(31)32)8-33-13-4-11(29)5-14-23(13)6-15(34-14)27-20-17(23)18-16-10(2-3-24-18)7-25-19(16)21(20)30;3-2(4,5)1(6)7/h4-5,7,12,15,27,30H,2-3,6,8H2,1H3,(H,26,28)(H,31,32);(H,6,7)/t12-,15+,23-;/m0./s1. The highest BCUT2D eigenvalue weighted by Crippen LogP contribution is 2.64. The number of nitrogens with zero attached hydrogens (tertiary/aromatic N) is 2. The lowest BCUT2D eigenvalue weighted by Gasteiger charge is -2.39. The van der Waals surface area contributed by atoms with Crippen LogP contribution in [0.25, 0.3) is 5.57 Å².